The van der Waals surface area contributed by atoms with Gasteiger partial charge in [-0.15, -0.1) is 0 Å². The number of carbonyl (C=O) groups is 2. The third-order valence-corrected chi connectivity index (χ3v) is 2.82. The summed E-state index contributed by atoms with van der Waals surface area (Å²) in [5, 5.41) is 2.55. The fourth-order valence-corrected chi connectivity index (χ4v) is 1.81. The molecule has 1 saturated heterocycles. The van der Waals surface area contributed by atoms with Crippen molar-refractivity contribution in [2.75, 3.05) is 26.4 Å². The number of β-lactam (4-membered cyclic amide) rings is 1. The monoisotopic (exact) mass is 266 g/mol. The second-order valence-electron chi connectivity index (χ2n) is 4.20. The Kier molecular flexibility index (Phi) is 4.33. The first-order chi connectivity index (χ1) is 9.20. The van der Waals surface area contributed by atoms with Gasteiger partial charge >= 0.3 is 0 Å². The molecule has 1 aromatic carbocycles. The number of amides is 2. The SMILES string of the molecule is O=C(COc1ccccc1)N[C@@H]1CN(CCF)C1=O. The number of halogens is 1. The fraction of sp³-hybridized carbons (Fsp3) is 0.385. The van der Waals surface area contributed by atoms with E-state index >= 15 is 0 Å². The Morgan fingerprint density at radius 2 is 2.16 bits per heavy atom. The lowest BCUT2D eigenvalue weighted by atomic mass is 10.1. The number of carbonyl (C=O) groups excluding carboxylic acids is 2. The van der Waals surface area contributed by atoms with Crippen LogP contribution in [-0.4, -0.2) is 49.1 Å². The summed E-state index contributed by atoms with van der Waals surface area (Å²) in [6.07, 6.45) is 0. The van der Waals surface area contributed by atoms with Crippen LogP contribution in [0.2, 0.25) is 0 Å². The van der Waals surface area contributed by atoms with E-state index in [-0.39, 0.29) is 25.0 Å². The number of para-hydroxylation sites is 1. The largest absolute Gasteiger partial charge is 0.484 e. The highest BCUT2D eigenvalue weighted by molar-refractivity contribution is 5.92. The van der Waals surface area contributed by atoms with Gasteiger partial charge in [-0.3, -0.25) is 9.59 Å². The average molecular weight is 266 g/mol. The van der Waals surface area contributed by atoms with Gasteiger partial charge in [-0.05, 0) is 12.1 Å². The summed E-state index contributed by atoms with van der Waals surface area (Å²) in [5.74, 6) is -0.00976. The van der Waals surface area contributed by atoms with Gasteiger partial charge in [0.15, 0.2) is 6.61 Å². The van der Waals surface area contributed by atoms with Crippen molar-refractivity contribution in [2.24, 2.45) is 0 Å². The first-order valence-electron chi connectivity index (χ1n) is 6.02. The van der Waals surface area contributed by atoms with Crippen molar-refractivity contribution < 1.29 is 18.7 Å². The van der Waals surface area contributed by atoms with Gasteiger partial charge in [0.2, 0.25) is 5.91 Å². The molecule has 6 heteroatoms. The minimum absolute atomic E-state index is 0.0890. The Bertz CT molecular complexity index is 452. The summed E-state index contributed by atoms with van der Waals surface area (Å²) in [6.45, 7) is -0.258. The van der Waals surface area contributed by atoms with Gasteiger partial charge in [0.1, 0.15) is 18.5 Å². The van der Waals surface area contributed by atoms with Gasteiger partial charge in [-0.2, -0.15) is 0 Å². The normalized spacial score (nSPS) is 17.8. The molecule has 0 bridgehead atoms. The third kappa shape index (κ3) is 3.43. The molecule has 2 amide bonds. The topological polar surface area (TPSA) is 58.6 Å². The van der Waals surface area contributed by atoms with Crippen LogP contribution in [0.1, 0.15) is 0 Å². The molecular weight excluding hydrogens is 251 g/mol. The number of hydrogen-bond donors (Lipinski definition) is 1. The molecule has 1 aliphatic rings. The average Bonchev–Trinajstić information content (AvgIpc) is 2.45. The molecule has 0 aliphatic carbocycles. The van der Waals surface area contributed by atoms with Gasteiger partial charge in [0.05, 0.1) is 6.54 Å². The predicted octanol–water partition coefficient (Wildman–Crippen LogP) is 0.362. The second kappa shape index (κ2) is 6.17. The van der Waals surface area contributed by atoms with E-state index in [1.165, 1.54) is 4.90 Å². The number of nitrogens with zero attached hydrogens (tertiary/aromatic N) is 1. The lowest BCUT2D eigenvalue weighted by molar-refractivity contribution is -0.147. The summed E-state index contributed by atoms with van der Waals surface area (Å²) < 4.78 is 17.3. The van der Waals surface area contributed by atoms with E-state index in [0.29, 0.717) is 12.3 Å². The van der Waals surface area contributed by atoms with Crippen molar-refractivity contribution in [2.45, 2.75) is 6.04 Å². The summed E-state index contributed by atoms with van der Waals surface area (Å²) >= 11 is 0. The fourth-order valence-electron chi connectivity index (χ4n) is 1.81. The highest BCUT2D eigenvalue weighted by atomic mass is 19.1. The van der Waals surface area contributed by atoms with E-state index in [9.17, 15) is 14.0 Å². The van der Waals surface area contributed by atoms with Crippen LogP contribution in [-0.2, 0) is 9.59 Å². The van der Waals surface area contributed by atoms with Gasteiger partial charge in [-0.25, -0.2) is 4.39 Å². The lowest BCUT2D eigenvalue weighted by Crippen LogP contribution is -2.64. The van der Waals surface area contributed by atoms with Crippen LogP contribution in [0.5, 0.6) is 5.75 Å². The molecule has 1 heterocycles. The smallest absolute Gasteiger partial charge is 0.258 e. The van der Waals surface area contributed by atoms with E-state index < -0.39 is 12.7 Å². The Labute approximate surface area is 110 Å². The molecule has 0 spiro atoms. The minimum atomic E-state index is -0.566. The summed E-state index contributed by atoms with van der Waals surface area (Å²) in [7, 11) is 0. The molecule has 1 fully saturated rings. The van der Waals surface area contributed by atoms with Crippen LogP contribution < -0.4 is 10.1 Å². The number of likely N-dealkylation sites (tertiary alicyclic amines) is 1. The van der Waals surface area contributed by atoms with Crippen LogP contribution in [0.25, 0.3) is 0 Å². The maximum Gasteiger partial charge on any atom is 0.258 e. The van der Waals surface area contributed by atoms with E-state index in [4.69, 9.17) is 4.74 Å². The number of benzene rings is 1. The molecule has 19 heavy (non-hydrogen) atoms. The predicted molar refractivity (Wildman–Crippen MR) is 66.4 cm³/mol. The lowest BCUT2D eigenvalue weighted by Gasteiger charge is -2.37. The van der Waals surface area contributed by atoms with Gasteiger partial charge in [0.25, 0.3) is 5.91 Å². The molecule has 5 nitrogen and oxygen atoms in total. The first-order valence-corrected chi connectivity index (χ1v) is 6.02. The molecule has 1 aromatic rings. The van der Waals surface area contributed by atoms with Gasteiger partial charge < -0.3 is 15.0 Å². The highest BCUT2D eigenvalue weighted by Crippen LogP contribution is 2.10. The molecule has 102 valence electrons. The van der Waals surface area contributed by atoms with E-state index in [2.05, 4.69) is 5.32 Å². The maximum atomic E-state index is 12.0. The van der Waals surface area contributed by atoms with Crippen molar-refractivity contribution in [1.29, 1.82) is 0 Å². The Morgan fingerprint density at radius 3 is 2.79 bits per heavy atom. The van der Waals surface area contributed by atoms with E-state index in [1.807, 2.05) is 6.07 Å². The van der Waals surface area contributed by atoms with Crippen molar-refractivity contribution in [3.63, 3.8) is 0 Å². The number of ether oxygens (including phenoxy) is 1. The summed E-state index contributed by atoms with van der Waals surface area (Å²) in [6, 6.07) is 8.39. The second-order valence-corrected chi connectivity index (χ2v) is 4.20. The highest BCUT2D eigenvalue weighted by Gasteiger charge is 2.37. The number of rotatable bonds is 6. The molecule has 2 rings (SSSR count). The first kappa shape index (κ1) is 13.3. The quantitative estimate of drug-likeness (QED) is 0.756. The van der Waals surface area contributed by atoms with Crippen molar-refractivity contribution >= 4 is 11.8 Å². The van der Waals surface area contributed by atoms with Crippen LogP contribution in [0, 0.1) is 0 Å². The number of hydrogen-bond acceptors (Lipinski definition) is 3. The van der Waals surface area contributed by atoms with Crippen LogP contribution in [0.3, 0.4) is 0 Å². The van der Waals surface area contributed by atoms with Crippen LogP contribution in [0.4, 0.5) is 4.39 Å². The molecule has 0 saturated carbocycles. The molecule has 1 N–H and O–H groups in total. The van der Waals surface area contributed by atoms with Crippen molar-refractivity contribution in [1.82, 2.24) is 10.2 Å². The van der Waals surface area contributed by atoms with Crippen LogP contribution >= 0.6 is 0 Å². The molecule has 1 atom stereocenters. The third-order valence-electron chi connectivity index (χ3n) is 2.82. The van der Waals surface area contributed by atoms with E-state index in [0.717, 1.165) is 0 Å². The number of nitrogens with one attached hydrogen (secondary N) is 1. The van der Waals surface area contributed by atoms with Gasteiger partial charge in [0, 0.05) is 6.54 Å². The zero-order chi connectivity index (χ0) is 13.7. The Morgan fingerprint density at radius 1 is 1.42 bits per heavy atom. The molecule has 0 aromatic heterocycles. The zero-order valence-corrected chi connectivity index (χ0v) is 10.3. The summed E-state index contributed by atoms with van der Waals surface area (Å²) in [4.78, 5) is 24.4. The standard InChI is InChI=1S/C13H15FN2O3/c14-6-7-16-8-11(13(16)18)15-12(17)9-19-10-4-2-1-3-5-10/h1-5,11H,6-9H2,(H,15,17)/t11-/m1/s1. The molecule has 0 radical (unpaired) electrons. The van der Waals surface area contributed by atoms with Gasteiger partial charge in [-0.1, -0.05) is 18.2 Å². The van der Waals surface area contributed by atoms with Crippen molar-refractivity contribution in [3.8, 4) is 5.75 Å². The summed E-state index contributed by atoms with van der Waals surface area (Å²) in [5.41, 5.74) is 0. The van der Waals surface area contributed by atoms with Crippen LogP contribution in [0.15, 0.2) is 30.3 Å². The minimum Gasteiger partial charge on any atom is -0.484 e. The Hall–Kier alpha value is -2.11. The van der Waals surface area contributed by atoms with Crippen molar-refractivity contribution in [3.05, 3.63) is 30.3 Å². The molecular formula is C13H15FN2O3. The Balaban J connectivity index is 1.70. The van der Waals surface area contributed by atoms with E-state index in [1.54, 1.807) is 24.3 Å². The zero-order valence-electron chi connectivity index (χ0n) is 10.3. The number of alkyl halides is 1. The maximum absolute atomic E-state index is 12.0. The molecule has 0 unspecified atom stereocenters. The molecule has 1 aliphatic heterocycles.